The normalized spacial score (nSPS) is 16.7. The Morgan fingerprint density at radius 3 is 2.18 bits per heavy atom. The predicted molar refractivity (Wildman–Crippen MR) is 144 cm³/mol. The van der Waals surface area contributed by atoms with Crippen LogP contribution in [-0.4, -0.2) is 86.2 Å². The second-order valence-corrected chi connectivity index (χ2v) is 10.1. The number of halogens is 1. The Hall–Kier alpha value is -3.33. The van der Waals surface area contributed by atoms with Crippen LogP contribution in [0.15, 0.2) is 42.5 Å². The Labute approximate surface area is 224 Å². The number of nitrogens with one attached hydrogen (secondary N) is 1. The quantitative estimate of drug-likeness (QED) is 0.532. The van der Waals surface area contributed by atoms with Gasteiger partial charge in [-0.05, 0) is 42.7 Å². The molecule has 0 aromatic heterocycles. The summed E-state index contributed by atoms with van der Waals surface area (Å²) in [6.07, 6.45) is 5.56. The number of methoxy groups -OCH3 is 2. The van der Waals surface area contributed by atoms with Gasteiger partial charge in [0.1, 0.15) is 17.3 Å². The number of piperazine rings is 1. The molecular weight excluding hydrogens is 487 g/mol. The smallest absolute Gasteiger partial charge is 0.317 e. The lowest BCUT2D eigenvalue weighted by Gasteiger charge is -2.36. The maximum Gasteiger partial charge on any atom is 0.317 e. The molecule has 38 heavy (non-hydrogen) atoms. The average Bonchev–Trinajstić information content (AvgIpc) is 2.96. The third kappa shape index (κ3) is 7.60. The summed E-state index contributed by atoms with van der Waals surface area (Å²) in [6, 6.07) is 11.7. The summed E-state index contributed by atoms with van der Waals surface area (Å²) in [5, 5.41) is 3.22. The second kappa shape index (κ2) is 13.5. The van der Waals surface area contributed by atoms with Crippen molar-refractivity contribution in [1.82, 2.24) is 20.0 Å². The number of urea groups is 1. The molecule has 2 aliphatic rings. The Morgan fingerprint density at radius 2 is 1.58 bits per heavy atom. The minimum atomic E-state index is -0.285. The third-order valence-corrected chi connectivity index (χ3v) is 7.45. The van der Waals surface area contributed by atoms with Crippen LogP contribution < -0.4 is 14.8 Å². The summed E-state index contributed by atoms with van der Waals surface area (Å²) in [5.74, 6) is 0.830. The lowest BCUT2D eigenvalue weighted by Crippen LogP contribution is -2.52. The molecule has 4 rings (SSSR count). The fourth-order valence-electron chi connectivity index (χ4n) is 5.13. The van der Waals surface area contributed by atoms with Crippen molar-refractivity contribution in [2.75, 3.05) is 53.5 Å². The molecule has 1 aliphatic heterocycles. The van der Waals surface area contributed by atoms with Crippen LogP contribution in [0.4, 0.5) is 9.18 Å². The Balaban J connectivity index is 1.32. The minimum Gasteiger partial charge on any atom is -0.497 e. The van der Waals surface area contributed by atoms with Crippen LogP contribution in [0.2, 0.25) is 0 Å². The molecule has 2 aromatic rings. The third-order valence-electron chi connectivity index (χ3n) is 7.45. The van der Waals surface area contributed by atoms with Crippen molar-refractivity contribution in [2.24, 2.45) is 0 Å². The maximum absolute atomic E-state index is 13.4. The molecule has 0 bridgehead atoms. The molecule has 3 amide bonds. The van der Waals surface area contributed by atoms with Gasteiger partial charge < -0.3 is 24.6 Å². The van der Waals surface area contributed by atoms with E-state index in [-0.39, 0.29) is 23.8 Å². The van der Waals surface area contributed by atoms with E-state index in [1.54, 1.807) is 44.6 Å². The molecule has 9 heteroatoms. The standard InChI is InChI=1S/C29H39FN4O4/c1-37-26-18-23(19-27(20-26)38-2)28(35)33-15-12-32(13-16-33)14-17-34(21-22-8-10-24(30)11-9-22)29(36)31-25-6-4-3-5-7-25/h8-11,18-20,25H,3-7,12-17,21H2,1-2H3,(H,31,36). The van der Waals surface area contributed by atoms with Gasteiger partial charge in [-0.2, -0.15) is 0 Å². The summed E-state index contributed by atoms with van der Waals surface area (Å²) in [6.45, 7) is 4.33. The largest absolute Gasteiger partial charge is 0.497 e. The first-order valence-corrected chi connectivity index (χ1v) is 13.5. The van der Waals surface area contributed by atoms with Crippen LogP contribution >= 0.6 is 0 Å². The van der Waals surface area contributed by atoms with E-state index in [9.17, 15) is 14.0 Å². The number of carbonyl (C=O) groups is 2. The van der Waals surface area contributed by atoms with Crippen LogP contribution in [0.5, 0.6) is 11.5 Å². The lowest BCUT2D eigenvalue weighted by atomic mass is 9.96. The highest BCUT2D eigenvalue weighted by Gasteiger charge is 2.25. The van der Waals surface area contributed by atoms with Crippen LogP contribution in [0.1, 0.15) is 48.0 Å². The van der Waals surface area contributed by atoms with Crippen molar-refractivity contribution < 1.29 is 23.5 Å². The van der Waals surface area contributed by atoms with Crippen molar-refractivity contribution in [3.63, 3.8) is 0 Å². The lowest BCUT2D eigenvalue weighted by molar-refractivity contribution is 0.0626. The van der Waals surface area contributed by atoms with Gasteiger partial charge in [0.15, 0.2) is 0 Å². The number of hydrogen-bond acceptors (Lipinski definition) is 5. The number of hydrogen-bond donors (Lipinski definition) is 1. The van der Waals surface area contributed by atoms with Crippen molar-refractivity contribution in [1.29, 1.82) is 0 Å². The Kier molecular flexibility index (Phi) is 9.81. The minimum absolute atomic E-state index is 0.0494. The van der Waals surface area contributed by atoms with Crippen LogP contribution in [0.3, 0.4) is 0 Å². The van der Waals surface area contributed by atoms with Gasteiger partial charge in [0.2, 0.25) is 0 Å². The van der Waals surface area contributed by atoms with Gasteiger partial charge in [0.25, 0.3) is 5.91 Å². The van der Waals surface area contributed by atoms with Gasteiger partial charge >= 0.3 is 6.03 Å². The molecule has 2 fully saturated rings. The van der Waals surface area contributed by atoms with Crippen molar-refractivity contribution >= 4 is 11.9 Å². The first-order chi connectivity index (χ1) is 18.4. The molecule has 1 saturated carbocycles. The van der Waals surface area contributed by atoms with Gasteiger partial charge in [0, 0.05) is 63.5 Å². The molecule has 2 aromatic carbocycles. The highest BCUT2D eigenvalue weighted by Crippen LogP contribution is 2.24. The highest BCUT2D eigenvalue weighted by atomic mass is 19.1. The summed E-state index contributed by atoms with van der Waals surface area (Å²) < 4.78 is 24.0. The monoisotopic (exact) mass is 526 g/mol. The van der Waals surface area contributed by atoms with E-state index in [1.165, 1.54) is 18.6 Å². The van der Waals surface area contributed by atoms with E-state index in [4.69, 9.17) is 9.47 Å². The summed E-state index contributed by atoms with van der Waals surface area (Å²) in [4.78, 5) is 32.3. The zero-order valence-electron chi connectivity index (χ0n) is 22.5. The van der Waals surface area contributed by atoms with Gasteiger partial charge in [-0.25, -0.2) is 9.18 Å². The predicted octanol–water partition coefficient (Wildman–Crippen LogP) is 4.15. The van der Waals surface area contributed by atoms with E-state index in [2.05, 4.69) is 10.2 Å². The summed E-state index contributed by atoms with van der Waals surface area (Å²) in [5.41, 5.74) is 1.44. The fraction of sp³-hybridized carbons (Fsp3) is 0.517. The Morgan fingerprint density at radius 1 is 0.947 bits per heavy atom. The number of ether oxygens (including phenoxy) is 2. The highest BCUT2D eigenvalue weighted by molar-refractivity contribution is 5.95. The van der Waals surface area contributed by atoms with Crippen LogP contribution in [0, 0.1) is 5.82 Å². The first kappa shape index (κ1) is 27.7. The first-order valence-electron chi connectivity index (χ1n) is 13.5. The number of nitrogens with zero attached hydrogens (tertiary/aromatic N) is 3. The summed E-state index contributed by atoms with van der Waals surface area (Å²) >= 11 is 0. The molecular formula is C29H39FN4O4. The van der Waals surface area contributed by atoms with E-state index < -0.39 is 0 Å². The average molecular weight is 527 g/mol. The van der Waals surface area contributed by atoms with Gasteiger partial charge in [-0.15, -0.1) is 0 Å². The van der Waals surface area contributed by atoms with E-state index in [0.29, 0.717) is 49.8 Å². The van der Waals surface area contributed by atoms with Gasteiger partial charge in [-0.3, -0.25) is 9.69 Å². The molecule has 0 unspecified atom stereocenters. The van der Waals surface area contributed by atoms with Crippen LogP contribution in [-0.2, 0) is 6.54 Å². The zero-order chi connectivity index (χ0) is 26.9. The number of amides is 3. The zero-order valence-corrected chi connectivity index (χ0v) is 22.5. The second-order valence-electron chi connectivity index (χ2n) is 10.1. The molecule has 1 aliphatic carbocycles. The topological polar surface area (TPSA) is 74.4 Å². The molecule has 0 radical (unpaired) electrons. The maximum atomic E-state index is 13.4. The van der Waals surface area contributed by atoms with Gasteiger partial charge in [0.05, 0.1) is 14.2 Å². The van der Waals surface area contributed by atoms with E-state index in [0.717, 1.165) is 44.3 Å². The molecule has 1 saturated heterocycles. The van der Waals surface area contributed by atoms with E-state index >= 15 is 0 Å². The SMILES string of the molecule is COc1cc(OC)cc(C(=O)N2CCN(CCN(Cc3ccc(F)cc3)C(=O)NC3CCCCC3)CC2)c1. The van der Waals surface area contributed by atoms with Crippen molar-refractivity contribution in [3.05, 3.63) is 59.4 Å². The fourth-order valence-corrected chi connectivity index (χ4v) is 5.13. The van der Waals surface area contributed by atoms with Crippen molar-refractivity contribution in [2.45, 2.75) is 44.7 Å². The number of rotatable bonds is 9. The summed E-state index contributed by atoms with van der Waals surface area (Å²) in [7, 11) is 3.13. The molecule has 1 heterocycles. The van der Waals surface area contributed by atoms with Gasteiger partial charge in [-0.1, -0.05) is 31.4 Å². The Bertz CT molecular complexity index is 1040. The number of benzene rings is 2. The van der Waals surface area contributed by atoms with Crippen molar-refractivity contribution in [3.8, 4) is 11.5 Å². The molecule has 1 N–H and O–H groups in total. The molecule has 0 spiro atoms. The van der Waals surface area contributed by atoms with E-state index in [1.807, 2.05) is 9.80 Å². The molecule has 0 atom stereocenters. The molecule has 206 valence electrons. The molecule has 8 nitrogen and oxygen atoms in total. The number of carbonyl (C=O) groups excluding carboxylic acids is 2. The van der Waals surface area contributed by atoms with Crippen LogP contribution in [0.25, 0.3) is 0 Å².